The number of nitrogens with one attached hydrogen (secondary N) is 1. The predicted octanol–water partition coefficient (Wildman–Crippen LogP) is 3.86. The summed E-state index contributed by atoms with van der Waals surface area (Å²) in [5.74, 6) is 1.47. The summed E-state index contributed by atoms with van der Waals surface area (Å²) in [6, 6.07) is 15.2. The van der Waals surface area contributed by atoms with E-state index in [4.69, 9.17) is 9.15 Å². The molecule has 1 N–H and O–H groups in total. The van der Waals surface area contributed by atoms with Crippen LogP contribution < -0.4 is 10.2 Å². The summed E-state index contributed by atoms with van der Waals surface area (Å²) < 4.78 is 10.8. The number of ether oxygens (including phenoxy) is 1. The van der Waals surface area contributed by atoms with Gasteiger partial charge in [0.15, 0.2) is 0 Å². The van der Waals surface area contributed by atoms with Crippen molar-refractivity contribution in [3.8, 4) is 17.1 Å². The molecule has 1 heterocycles. The van der Waals surface area contributed by atoms with Gasteiger partial charge in [0.2, 0.25) is 5.91 Å². The summed E-state index contributed by atoms with van der Waals surface area (Å²) in [5, 5.41) is 14.8. The van der Waals surface area contributed by atoms with E-state index in [1.54, 1.807) is 44.4 Å². The lowest BCUT2D eigenvalue weighted by molar-refractivity contribution is -0.384. The largest absolute Gasteiger partial charge is 0.497 e. The predicted molar refractivity (Wildman–Crippen MR) is 108 cm³/mol. The molecule has 0 saturated heterocycles. The highest BCUT2D eigenvalue weighted by Crippen LogP contribution is 2.28. The number of rotatable bonds is 7. The van der Waals surface area contributed by atoms with E-state index in [9.17, 15) is 14.9 Å². The van der Waals surface area contributed by atoms with Crippen LogP contribution in [0.5, 0.6) is 5.75 Å². The van der Waals surface area contributed by atoms with Crippen LogP contribution >= 0.6 is 0 Å². The Labute approximate surface area is 167 Å². The van der Waals surface area contributed by atoms with Crippen molar-refractivity contribution in [2.24, 2.45) is 5.10 Å². The van der Waals surface area contributed by atoms with Crippen molar-refractivity contribution in [1.82, 2.24) is 5.43 Å². The van der Waals surface area contributed by atoms with Gasteiger partial charge in [0.25, 0.3) is 5.69 Å². The van der Waals surface area contributed by atoms with Gasteiger partial charge in [-0.3, -0.25) is 14.9 Å². The Morgan fingerprint density at radius 2 is 1.97 bits per heavy atom. The van der Waals surface area contributed by atoms with Crippen molar-refractivity contribution < 1.29 is 18.9 Å². The fraction of sp³-hybridized carbons (Fsp3) is 0.143. The van der Waals surface area contributed by atoms with Gasteiger partial charge in [0, 0.05) is 17.7 Å². The topological polar surface area (TPSA) is 107 Å². The number of carbonyl (C=O) groups excluding carboxylic acids is 1. The van der Waals surface area contributed by atoms with Crippen molar-refractivity contribution >= 4 is 17.8 Å². The first-order chi connectivity index (χ1) is 14.0. The third kappa shape index (κ3) is 5.07. The maximum absolute atomic E-state index is 12.0. The van der Waals surface area contributed by atoms with Crippen molar-refractivity contribution in [3.05, 3.63) is 81.6 Å². The van der Waals surface area contributed by atoms with E-state index in [0.717, 1.165) is 22.4 Å². The molecule has 29 heavy (non-hydrogen) atoms. The van der Waals surface area contributed by atoms with Crippen LogP contribution in [0.3, 0.4) is 0 Å². The summed E-state index contributed by atoms with van der Waals surface area (Å²) in [4.78, 5) is 22.4. The summed E-state index contributed by atoms with van der Waals surface area (Å²) >= 11 is 0. The van der Waals surface area contributed by atoms with Gasteiger partial charge in [-0.15, -0.1) is 0 Å². The van der Waals surface area contributed by atoms with Gasteiger partial charge in [0.05, 0.1) is 24.7 Å². The maximum Gasteiger partial charge on any atom is 0.269 e. The fourth-order valence-electron chi connectivity index (χ4n) is 2.74. The summed E-state index contributed by atoms with van der Waals surface area (Å²) in [6.45, 7) is 1.78. The lowest BCUT2D eigenvalue weighted by Crippen LogP contribution is -2.19. The van der Waals surface area contributed by atoms with Gasteiger partial charge in [0.1, 0.15) is 17.3 Å². The second-order valence-corrected chi connectivity index (χ2v) is 6.28. The number of nitro groups is 1. The first kappa shape index (κ1) is 19.8. The fourth-order valence-corrected chi connectivity index (χ4v) is 2.74. The number of benzene rings is 2. The van der Waals surface area contributed by atoms with Crippen molar-refractivity contribution in [2.75, 3.05) is 7.11 Å². The van der Waals surface area contributed by atoms with Crippen LogP contribution in [-0.4, -0.2) is 24.2 Å². The number of non-ortho nitro benzene ring substituents is 1. The molecule has 0 aliphatic rings. The number of hydrogen-bond donors (Lipinski definition) is 1. The third-order valence-corrected chi connectivity index (χ3v) is 4.22. The quantitative estimate of drug-likeness (QED) is 0.373. The molecule has 3 aromatic rings. The van der Waals surface area contributed by atoms with E-state index in [-0.39, 0.29) is 18.0 Å². The molecule has 0 atom stereocenters. The number of hydrazone groups is 1. The number of methoxy groups -OCH3 is 1. The molecule has 1 aromatic heterocycles. The molecule has 0 unspecified atom stereocenters. The van der Waals surface area contributed by atoms with E-state index in [1.165, 1.54) is 18.3 Å². The lowest BCUT2D eigenvalue weighted by atomic mass is 10.1. The first-order valence-corrected chi connectivity index (χ1v) is 8.76. The Kier molecular flexibility index (Phi) is 6.03. The molecule has 0 saturated carbocycles. The molecular formula is C21H19N3O5. The number of hydrogen-bond acceptors (Lipinski definition) is 6. The number of carbonyl (C=O) groups is 1. The molecule has 3 rings (SSSR count). The average molecular weight is 393 g/mol. The Morgan fingerprint density at radius 1 is 1.21 bits per heavy atom. The van der Waals surface area contributed by atoms with E-state index in [2.05, 4.69) is 10.5 Å². The van der Waals surface area contributed by atoms with Crippen LogP contribution in [0.2, 0.25) is 0 Å². The highest BCUT2D eigenvalue weighted by Gasteiger charge is 2.12. The molecule has 0 fully saturated rings. The van der Waals surface area contributed by atoms with Gasteiger partial charge < -0.3 is 9.15 Å². The standard InChI is InChI=1S/C21H19N3O5/c1-14-11-16(24(26)27)5-9-19(14)20-10-8-18(29-20)13-22-23-21(25)12-15-3-6-17(28-2)7-4-15/h3-11,13H,12H2,1-2H3,(H,23,25)/b22-13+. The van der Waals surface area contributed by atoms with E-state index in [0.29, 0.717) is 11.5 Å². The molecule has 8 nitrogen and oxygen atoms in total. The zero-order valence-electron chi connectivity index (χ0n) is 15.9. The number of furan rings is 1. The van der Waals surface area contributed by atoms with Crippen LogP contribution in [0.15, 0.2) is 64.1 Å². The molecule has 0 aliphatic heterocycles. The highest BCUT2D eigenvalue weighted by atomic mass is 16.6. The number of amides is 1. The summed E-state index contributed by atoms with van der Waals surface area (Å²) in [7, 11) is 1.58. The first-order valence-electron chi connectivity index (χ1n) is 8.76. The van der Waals surface area contributed by atoms with Crippen LogP contribution in [-0.2, 0) is 11.2 Å². The molecule has 0 aliphatic carbocycles. The van der Waals surface area contributed by atoms with Crippen LogP contribution in [0.4, 0.5) is 5.69 Å². The maximum atomic E-state index is 12.0. The molecule has 0 spiro atoms. The van der Waals surface area contributed by atoms with E-state index < -0.39 is 4.92 Å². The third-order valence-electron chi connectivity index (χ3n) is 4.22. The molecule has 148 valence electrons. The van der Waals surface area contributed by atoms with Gasteiger partial charge in [-0.05, 0) is 48.4 Å². The molecule has 0 radical (unpaired) electrons. The Balaban J connectivity index is 1.60. The van der Waals surface area contributed by atoms with Crippen molar-refractivity contribution in [3.63, 3.8) is 0 Å². The monoisotopic (exact) mass is 393 g/mol. The summed E-state index contributed by atoms with van der Waals surface area (Å²) in [5.41, 5.74) is 4.80. The van der Waals surface area contributed by atoms with E-state index in [1.807, 2.05) is 12.1 Å². The molecule has 2 aromatic carbocycles. The Bertz CT molecular complexity index is 1050. The minimum atomic E-state index is -0.439. The van der Waals surface area contributed by atoms with Crippen molar-refractivity contribution in [1.29, 1.82) is 0 Å². The smallest absolute Gasteiger partial charge is 0.269 e. The molecule has 0 bridgehead atoms. The van der Waals surface area contributed by atoms with Gasteiger partial charge in [-0.25, -0.2) is 5.43 Å². The number of aryl methyl sites for hydroxylation is 1. The lowest BCUT2D eigenvalue weighted by Gasteiger charge is -2.03. The zero-order valence-corrected chi connectivity index (χ0v) is 15.9. The average Bonchev–Trinajstić information content (AvgIpc) is 3.17. The number of nitrogens with zero attached hydrogens (tertiary/aromatic N) is 2. The molecular weight excluding hydrogens is 374 g/mol. The van der Waals surface area contributed by atoms with Crippen LogP contribution in [0.1, 0.15) is 16.9 Å². The minimum absolute atomic E-state index is 0.0270. The van der Waals surface area contributed by atoms with E-state index >= 15 is 0 Å². The SMILES string of the molecule is COc1ccc(CC(=O)N/N=C/c2ccc(-c3ccc([N+](=O)[O-])cc3C)o2)cc1. The van der Waals surface area contributed by atoms with Crippen LogP contribution in [0, 0.1) is 17.0 Å². The second-order valence-electron chi connectivity index (χ2n) is 6.28. The van der Waals surface area contributed by atoms with Crippen LogP contribution in [0.25, 0.3) is 11.3 Å². The zero-order chi connectivity index (χ0) is 20.8. The highest BCUT2D eigenvalue weighted by molar-refractivity contribution is 5.82. The Hall–Kier alpha value is -3.94. The normalized spacial score (nSPS) is 10.8. The Morgan fingerprint density at radius 3 is 2.62 bits per heavy atom. The van der Waals surface area contributed by atoms with Crippen molar-refractivity contribution in [2.45, 2.75) is 13.3 Å². The molecule has 1 amide bonds. The summed E-state index contributed by atoms with van der Waals surface area (Å²) in [6.07, 6.45) is 1.59. The van der Waals surface area contributed by atoms with Gasteiger partial charge in [-0.2, -0.15) is 5.10 Å². The van der Waals surface area contributed by atoms with Gasteiger partial charge in [-0.1, -0.05) is 12.1 Å². The van der Waals surface area contributed by atoms with Gasteiger partial charge >= 0.3 is 0 Å². The second kappa shape index (κ2) is 8.83. The minimum Gasteiger partial charge on any atom is -0.497 e. The number of nitro benzene ring substituents is 1. The molecule has 8 heteroatoms.